The van der Waals surface area contributed by atoms with Crippen molar-refractivity contribution in [2.75, 3.05) is 27.3 Å². The fraction of sp³-hybridized carbons (Fsp3) is 0.478. The number of ether oxygens (including phenoxy) is 2. The first-order valence-electron chi connectivity index (χ1n) is 10.4. The van der Waals surface area contributed by atoms with Crippen LogP contribution in [-0.4, -0.2) is 38.3 Å². The number of guanidine groups is 1. The molecule has 0 saturated heterocycles. The largest absolute Gasteiger partial charge is 0.453 e. The highest BCUT2D eigenvalue weighted by molar-refractivity contribution is 5.79. The van der Waals surface area contributed by atoms with Crippen molar-refractivity contribution in [1.82, 2.24) is 15.6 Å². The van der Waals surface area contributed by atoms with Crippen LogP contribution in [0.5, 0.6) is 11.5 Å². The minimum absolute atomic E-state index is 0.176. The number of rotatable bonds is 9. The van der Waals surface area contributed by atoms with E-state index in [4.69, 9.17) is 9.47 Å². The summed E-state index contributed by atoms with van der Waals surface area (Å²) >= 11 is 0. The van der Waals surface area contributed by atoms with Gasteiger partial charge >= 0.3 is 0 Å². The van der Waals surface area contributed by atoms with Crippen molar-refractivity contribution in [2.24, 2.45) is 10.4 Å². The summed E-state index contributed by atoms with van der Waals surface area (Å²) in [6.45, 7) is 2.11. The molecule has 1 aromatic heterocycles. The van der Waals surface area contributed by atoms with Gasteiger partial charge in [0.2, 0.25) is 0 Å². The molecule has 162 valence electrons. The van der Waals surface area contributed by atoms with Gasteiger partial charge in [0, 0.05) is 40.1 Å². The van der Waals surface area contributed by atoms with E-state index >= 15 is 0 Å². The molecule has 7 heteroatoms. The Kier molecular flexibility index (Phi) is 8.02. The molecule has 3 rings (SSSR count). The predicted molar refractivity (Wildman–Crippen MR) is 116 cm³/mol. The van der Waals surface area contributed by atoms with Gasteiger partial charge in [-0.1, -0.05) is 18.9 Å². The van der Waals surface area contributed by atoms with E-state index in [9.17, 15) is 4.39 Å². The number of aliphatic imine (C=N–C) groups is 1. The quantitative estimate of drug-likeness (QED) is 0.474. The maximum atomic E-state index is 14.4. The van der Waals surface area contributed by atoms with E-state index in [1.807, 2.05) is 6.07 Å². The second-order valence-electron chi connectivity index (χ2n) is 7.78. The van der Waals surface area contributed by atoms with Gasteiger partial charge in [-0.3, -0.25) is 9.98 Å². The number of methoxy groups -OCH3 is 1. The van der Waals surface area contributed by atoms with Crippen molar-refractivity contribution in [3.8, 4) is 11.5 Å². The van der Waals surface area contributed by atoms with E-state index in [1.165, 1.54) is 31.7 Å². The van der Waals surface area contributed by atoms with Crippen molar-refractivity contribution in [3.63, 3.8) is 0 Å². The van der Waals surface area contributed by atoms with Crippen molar-refractivity contribution in [2.45, 2.75) is 38.6 Å². The van der Waals surface area contributed by atoms with Gasteiger partial charge in [0.25, 0.3) is 0 Å². The number of nitrogens with zero attached hydrogens (tertiary/aromatic N) is 2. The van der Waals surface area contributed by atoms with Crippen molar-refractivity contribution >= 4 is 5.96 Å². The lowest BCUT2D eigenvalue weighted by molar-refractivity contribution is 0.138. The number of benzene rings is 1. The monoisotopic (exact) mass is 414 g/mol. The summed E-state index contributed by atoms with van der Waals surface area (Å²) in [5, 5.41) is 6.72. The van der Waals surface area contributed by atoms with Crippen LogP contribution in [0.4, 0.5) is 4.39 Å². The van der Waals surface area contributed by atoms with Gasteiger partial charge in [0.1, 0.15) is 5.75 Å². The van der Waals surface area contributed by atoms with Crippen LogP contribution in [0.25, 0.3) is 0 Å². The molecular weight excluding hydrogens is 383 g/mol. The molecule has 30 heavy (non-hydrogen) atoms. The molecule has 2 N–H and O–H groups in total. The lowest BCUT2D eigenvalue weighted by Gasteiger charge is -2.30. The smallest absolute Gasteiger partial charge is 0.191 e. The molecule has 2 aromatic rings. The molecule has 0 spiro atoms. The molecule has 0 unspecified atom stereocenters. The number of nitrogens with one attached hydrogen (secondary N) is 2. The highest BCUT2D eigenvalue weighted by Crippen LogP contribution is 2.40. The Balaban J connectivity index is 1.52. The molecule has 1 aromatic carbocycles. The lowest BCUT2D eigenvalue weighted by Crippen LogP contribution is -2.43. The van der Waals surface area contributed by atoms with E-state index in [0.717, 1.165) is 31.1 Å². The van der Waals surface area contributed by atoms with Crippen molar-refractivity contribution in [3.05, 3.63) is 54.1 Å². The zero-order valence-corrected chi connectivity index (χ0v) is 17.8. The van der Waals surface area contributed by atoms with Crippen LogP contribution < -0.4 is 15.4 Å². The topological polar surface area (TPSA) is 67.8 Å². The molecule has 0 bridgehead atoms. The minimum atomic E-state index is -0.412. The third-order valence-corrected chi connectivity index (χ3v) is 5.67. The molecule has 0 radical (unpaired) electrons. The van der Waals surface area contributed by atoms with E-state index in [0.29, 0.717) is 12.3 Å². The summed E-state index contributed by atoms with van der Waals surface area (Å²) in [7, 11) is 3.50. The minimum Gasteiger partial charge on any atom is -0.453 e. The summed E-state index contributed by atoms with van der Waals surface area (Å²) in [4.78, 5) is 8.28. The molecule has 0 atom stereocenters. The standard InChI is InChI=1S/C23H31FN4O2/c1-25-22(28-17-23(11-13-29-2)9-3-4-10-23)27-15-18-7-8-21(20(24)14-18)30-19-6-5-12-26-16-19/h5-8,12,14,16H,3-4,9-11,13,15,17H2,1-2H3,(H2,25,27,28). The lowest BCUT2D eigenvalue weighted by atomic mass is 9.83. The van der Waals surface area contributed by atoms with Crippen LogP contribution in [0.3, 0.4) is 0 Å². The first-order chi connectivity index (χ1) is 14.6. The fourth-order valence-corrected chi connectivity index (χ4v) is 3.91. The van der Waals surface area contributed by atoms with Gasteiger partial charge in [0.15, 0.2) is 17.5 Å². The predicted octanol–water partition coefficient (Wildman–Crippen LogP) is 4.27. The second-order valence-corrected chi connectivity index (χ2v) is 7.78. The van der Waals surface area contributed by atoms with Crippen LogP contribution in [0.2, 0.25) is 0 Å². The van der Waals surface area contributed by atoms with E-state index in [2.05, 4.69) is 20.6 Å². The van der Waals surface area contributed by atoms with Crippen LogP contribution >= 0.6 is 0 Å². The van der Waals surface area contributed by atoms with Crippen LogP contribution in [0.15, 0.2) is 47.7 Å². The molecule has 1 aliphatic carbocycles. The molecule has 0 aliphatic heterocycles. The van der Waals surface area contributed by atoms with Crippen LogP contribution in [0.1, 0.15) is 37.7 Å². The normalized spacial score (nSPS) is 15.8. The number of pyridine rings is 1. The Bertz CT molecular complexity index is 823. The maximum Gasteiger partial charge on any atom is 0.191 e. The summed E-state index contributed by atoms with van der Waals surface area (Å²) in [5.74, 6) is 0.983. The Morgan fingerprint density at radius 1 is 1.23 bits per heavy atom. The number of aromatic nitrogens is 1. The van der Waals surface area contributed by atoms with Gasteiger partial charge in [-0.05, 0) is 54.5 Å². The Labute approximate surface area is 177 Å². The summed E-state index contributed by atoms with van der Waals surface area (Å²) in [5.41, 5.74) is 1.08. The zero-order valence-electron chi connectivity index (χ0n) is 17.8. The van der Waals surface area contributed by atoms with E-state index in [1.54, 1.807) is 44.8 Å². The summed E-state index contributed by atoms with van der Waals surface area (Å²) in [6, 6.07) is 8.43. The molecule has 6 nitrogen and oxygen atoms in total. The third kappa shape index (κ3) is 6.16. The molecule has 1 aliphatic rings. The van der Waals surface area contributed by atoms with Crippen LogP contribution in [0, 0.1) is 11.2 Å². The number of halogens is 1. The van der Waals surface area contributed by atoms with Crippen molar-refractivity contribution in [1.29, 1.82) is 0 Å². The average Bonchev–Trinajstić information content (AvgIpc) is 3.24. The summed E-state index contributed by atoms with van der Waals surface area (Å²) in [6.07, 6.45) is 9.21. The highest BCUT2D eigenvalue weighted by atomic mass is 19.1. The van der Waals surface area contributed by atoms with Gasteiger partial charge in [-0.25, -0.2) is 4.39 Å². The average molecular weight is 415 g/mol. The SMILES string of the molecule is CN=C(NCc1ccc(Oc2cccnc2)c(F)c1)NCC1(CCOC)CCCC1. The highest BCUT2D eigenvalue weighted by Gasteiger charge is 2.33. The Hall–Kier alpha value is -2.67. The van der Waals surface area contributed by atoms with Crippen LogP contribution in [-0.2, 0) is 11.3 Å². The van der Waals surface area contributed by atoms with E-state index in [-0.39, 0.29) is 11.2 Å². The van der Waals surface area contributed by atoms with Gasteiger partial charge in [0.05, 0.1) is 6.20 Å². The number of hydrogen-bond donors (Lipinski definition) is 2. The van der Waals surface area contributed by atoms with Gasteiger partial charge in [-0.15, -0.1) is 0 Å². The molecule has 1 heterocycles. The zero-order chi connectivity index (χ0) is 21.2. The fourth-order valence-electron chi connectivity index (χ4n) is 3.91. The van der Waals surface area contributed by atoms with E-state index < -0.39 is 5.82 Å². The molecule has 1 saturated carbocycles. The molecule has 1 fully saturated rings. The Morgan fingerprint density at radius 3 is 2.73 bits per heavy atom. The second kappa shape index (κ2) is 10.9. The van der Waals surface area contributed by atoms with Gasteiger partial charge < -0.3 is 20.1 Å². The number of hydrogen-bond acceptors (Lipinski definition) is 4. The van der Waals surface area contributed by atoms with Crippen molar-refractivity contribution < 1.29 is 13.9 Å². The molecule has 0 amide bonds. The first kappa shape index (κ1) is 22.0. The summed E-state index contributed by atoms with van der Waals surface area (Å²) < 4.78 is 25.3. The molecular formula is C23H31FN4O2. The third-order valence-electron chi connectivity index (χ3n) is 5.67. The first-order valence-corrected chi connectivity index (χ1v) is 10.4. The maximum absolute atomic E-state index is 14.4. The van der Waals surface area contributed by atoms with Gasteiger partial charge in [-0.2, -0.15) is 0 Å². The Morgan fingerprint density at radius 2 is 2.07 bits per heavy atom.